The van der Waals surface area contributed by atoms with Crippen molar-refractivity contribution in [3.8, 4) is 5.75 Å². The van der Waals surface area contributed by atoms with Crippen LogP contribution < -0.4 is 20.9 Å². The molecule has 1 aliphatic heterocycles. The molecular weight excluding hydrogens is 353 g/mol. The fourth-order valence-corrected chi connectivity index (χ4v) is 3.09. The summed E-state index contributed by atoms with van der Waals surface area (Å²) < 4.78 is 20.8. The smallest absolute Gasteiger partial charge is 0.276 e. The van der Waals surface area contributed by atoms with E-state index in [0.717, 1.165) is 4.52 Å². The molecule has 2 aromatic heterocycles. The first-order chi connectivity index (χ1) is 12.9. The van der Waals surface area contributed by atoms with E-state index in [2.05, 4.69) is 20.7 Å². The normalized spacial score (nSPS) is 19.9. The van der Waals surface area contributed by atoms with Crippen molar-refractivity contribution >= 4 is 17.4 Å². The molecule has 1 aliphatic rings. The quantitative estimate of drug-likeness (QED) is 0.560. The third kappa shape index (κ3) is 3.12. The number of aromatic nitrogens is 3. The first-order valence-electron chi connectivity index (χ1n) is 8.54. The van der Waals surface area contributed by atoms with Crippen molar-refractivity contribution in [1.82, 2.24) is 19.9 Å². The Balaban J connectivity index is 1.86. The molecular formula is C18H18FN5O3. The summed E-state index contributed by atoms with van der Waals surface area (Å²) in [5, 5.41) is 9.87. The average molecular weight is 371 g/mol. The van der Waals surface area contributed by atoms with E-state index in [1.807, 2.05) is 6.92 Å². The van der Waals surface area contributed by atoms with Gasteiger partial charge in [0.1, 0.15) is 29.1 Å². The number of hydrogen-bond donors (Lipinski definition) is 3. The van der Waals surface area contributed by atoms with E-state index in [4.69, 9.17) is 4.74 Å². The lowest BCUT2D eigenvalue weighted by atomic mass is 10.1. The molecule has 4 rings (SSSR count). The third-order valence-electron chi connectivity index (χ3n) is 4.43. The fraction of sp³-hybridized carbons (Fsp3) is 0.278. The number of aromatic amines is 1. The number of halogens is 1. The number of nitrogens with zero attached hydrogens (tertiary/aromatic N) is 2. The predicted molar refractivity (Wildman–Crippen MR) is 96.7 cm³/mol. The second kappa shape index (κ2) is 6.42. The predicted octanol–water partition coefficient (Wildman–Crippen LogP) is 1.85. The van der Waals surface area contributed by atoms with Gasteiger partial charge >= 0.3 is 0 Å². The summed E-state index contributed by atoms with van der Waals surface area (Å²) in [6.07, 6.45) is 0.991. The third-order valence-corrected chi connectivity index (χ3v) is 4.43. The van der Waals surface area contributed by atoms with Crippen molar-refractivity contribution < 1.29 is 13.9 Å². The molecule has 8 nitrogen and oxygen atoms in total. The van der Waals surface area contributed by atoms with Crippen molar-refractivity contribution in [2.24, 2.45) is 0 Å². The van der Waals surface area contributed by atoms with E-state index in [1.54, 1.807) is 13.0 Å². The van der Waals surface area contributed by atoms with Crippen LogP contribution >= 0.6 is 0 Å². The summed E-state index contributed by atoms with van der Waals surface area (Å²) in [5.41, 5.74) is 0.735. The van der Waals surface area contributed by atoms with Gasteiger partial charge in [0.15, 0.2) is 5.65 Å². The minimum Gasteiger partial charge on any atom is -0.489 e. The van der Waals surface area contributed by atoms with Gasteiger partial charge < -0.3 is 20.4 Å². The first kappa shape index (κ1) is 17.1. The molecule has 0 unspecified atom stereocenters. The van der Waals surface area contributed by atoms with Crippen LogP contribution in [0.5, 0.6) is 5.75 Å². The van der Waals surface area contributed by atoms with E-state index in [9.17, 15) is 14.0 Å². The van der Waals surface area contributed by atoms with Crippen molar-refractivity contribution in [3.05, 3.63) is 57.8 Å². The number of carbonyl (C=O) groups is 1. The number of H-pyrrole nitrogens is 1. The van der Waals surface area contributed by atoms with Crippen LogP contribution in [0.2, 0.25) is 0 Å². The Morgan fingerprint density at radius 1 is 1.26 bits per heavy atom. The van der Waals surface area contributed by atoms with Gasteiger partial charge in [-0.05, 0) is 32.0 Å². The highest BCUT2D eigenvalue weighted by Crippen LogP contribution is 2.29. The minimum atomic E-state index is -0.392. The lowest BCUT2D eigenvalue weighted by Gasteiger charge is -2.22. The summed E-state index contributed by atoms with van der Waals surface area (Å²) in [4.78, 5) is 27.8. The van der Waals surface area contributed by atoms with Crippen LogP contribution in [0.4, 0.5) is 10.2 Å². The summed E-state index contributed by atoms with van der Waals surface area (Å²) in [5.74, 6) is 0.124. The van der Waals surface area contributed by atoms with Crippen LogP contribution in [-0.4, -0.2) is 33.2 Å². The van der Waals surface area contributed by atoms with Gasteiger partial charge in [-0.1, -0.05) is 0 Å². The van der Waals surface area contributed by atoms with Gasteiger partial charge in [0, 0.05) is 11.6 Å². The van der Waals surface area contributed by atoms with Crippen molar-refractivity contribution in [1.29, 1.82) is 0 Å². The maximum absolute atomic E-state index is 13.8. The highest BCUT2D eigenvalue weighted by molar-refractivity contribution is 5.99. The molecule has 9 heteroatoms. The van der Waals surface area contributed by atoms with Crippen LogP contribution in [0, 0.1) is 5.82 Å². The summed E-state index contributed by atoms with van der Waals surface area (Å²) in [6, 6.07) is 5.23. The zero-order valence-corrected chi connectivity index (χ0v) is 14.7. The number of amides is 1. The second-order valence-electron chi connectivity index (χ2n) is 6.53. The topological polar surface area (TPSA) is 101 Å². The van der Waals surface area contributed by atoms with Gasteiger partial charge in [0.25, 0.3) is 11.5 Å². The zero-order chi connectivity index (χ0) is 19.1. The zero-order valence-electron chi connectivity index (χ0n) is 14.7. The molecule has 3 N–H and O–H groups in total. The molecule has 3 heterocycles. The monoisotopic (exact) mass is 371 g/mol. The van der Waals surface area contributed by atoms with Crippen molar-refractivity contribution in [2.45, 2.75) is 26.0 Å². The van der Waals surface area contributed by atoms with E-state index in [-0.39, 0.29) is 35.8 Å². The molecule has 0 saturated carbocycles. The SMILES string of the molecule is C[C@H]1CNC(=O)c2cnn3c(=O)cc([nH]c23)N[C@H](C)c2cc(F)ccc2O1. The standard InChI is InChI=1S/C18H18FN5O3/c1-9-7-20-18(26)13-8-21-24-16(25)6-15(23-17(13)24)22-10(2)12-5-11(19)3-4-14(12)27-9/h3-6,8-10,22-23H,7H2,1-2H3,(H,20,26)/t9-,10+/m0/s1. The van der Waals surface area contributed by atoms with E-state index in [1.165, 1.54) is 24.4 Å². The number of benzene rings is 1. The average Bonchev–Trinajstić information content (AvgIpc) is 3.05. The van der Waals surface area contributed by atoms with E-state index >= 15 is 0 Å². The number of ether oxygens (including phenoxy) is 1. The molecule has 0 spiro atoms. The molecule has 140 valence electrons. The summed E-state index contributed by atoms with van der Waals surface area (Å²) >= 11 is 0. The Kier molecular flexibility index (Phi) is 4.06. The Morgan fingerprint density at radius 2 is 2.07 bits per heavy atom. The highest BCUT2D eigenvalue weighted by atomic mass is 19.1. The number of carbonyl (C=O) groups excluding carboxylic acids is 1. The molecule has 0 fully saturated rings. The number of anilines is 1. The first-order valence-corrected chi connectivity index (χ1v) is 8.54. The van der Waals surface area contributed by atoms with Crippen LogP contribution in [-0.2, 0) is 0 Å². The fourth-order valence-electron chi connectivity index (χ4n) is 3.09. The lowest BCUT2D eigenvalue weighted by Crippen LogP contribution is -2.33. The molecule has 0 aliphatic carbocycles. The summed E-state index contributed by atoms with van der Waals surface area (Å²) in [6.45, 7) is 3.87. The van der Waals surface area contributed by atoms with Gasteiger partial charge in [0.05, 0.1) is 18.8 Å². The van der Waals surface area contributed by atoms with E-state index < -0.39 is 11.4 Å². The van der Waals surface area contributed by atoms with Gasteiger partial charge in [-0.15, -0.1) is 0 Å². The van der Waals surface area contributed by atoms with Crippen molar-refractivity contribution in [3.63, 3.8) is 0 Å². The molecule has 2 bridgehead atoms. The van der Waals surface area contributed by atoms with Crippen molar-refractivity contribution in [2.75, 3.05) is 11.9 Å². The Morgan fingerprint density at radius 3 is 2.89 bits per heavy atom. The van der Waals surface area contributed by atoms with Crippen LogP contribution in [0.25, 0.3) is 5.65 Å². The molecule has 1 amide bonds. The number of rotatable bonds is 0. The number of nitrogens with one attached hydrogen (secondary N) is 3. The Bertz CT molecular complexity index is 1090. The van der Waals surface area contributed by atoms with Gasteiger partial charge in [-0.25, -0.2) is 4.39 Å². The number of fused-ring (bicyclic) bond motifs is 2. The number of hydrogen-bond acceptors (Lipinski definition) is 5. The van der Waals surface area contributed by atoms with Crippen LogP contribution in [0.1, 0.15) is 35.8 Å². The Labute approximate surface area is 153 Å². The molecule has 1 aromatic carbocycles. The second-order valence-corrected chi connectivity index (χ2v) is 6.53. The van der Waals surface area contributed by atoms with Gasteiger partial charge in [0.2, 0.25) is 0 Å². The minimum absolute atomic E-state index is 0.235. The van der Waals surface area contributed by atoms with Gasteiger partial charge in [-0.3, -0.25) is 9.59 Å². The Hall–Kier alpha value is -3.36. The largest absolute Gasteiger partial charge is 0.489 e. The molecule has 0 radical (unpaired) electrons. The van der Waals surface area contributed by atoms with Crippen LogP contribution in [0.3, 0.4) is 0 Å². The lowest BCUT2D eigenvalue weighted by molar-refractivity contribution is 0.0933. The van der Waals surface area contributed by atoms with E-state index in [0.29, 0.717) is 17.1 Å². The molecule has 0 saturated heterocycles. The maximum Gasteiger partial charge on any atom is 0.276 e. The molecule has 2 atom stereocenters. The highest BCUT2D eigenvalue weighted by Gasteiger charge is 2.20. The van der Waals surface area contributed by atoms with Crippen LogP contribution in [0.15, 0.2) is 35.3 Å². The maximum atomic E-state index is 13.8. The summed E-state index contributed by atoms with van der Waals surface area (Å²) in [7, 11) is 0. The molecule has 3 aromatic rings. The molecule has 27 heavy (non-hydrogen) atoms. The van der Waals surface area contributed by atoms with Gasteiger partial charge in [-0.2, -0.15) is 9.61 Å².